The molecule has 2 aromatic carbocycles. The maximum Gasteiger partial charge on any atom is 0.269 e. The molecule has 0 fully saturated rings. The Morgan fingerprint density at radius 1 is 1.13 bits per heavy atom. The summed E-state index contributed by atoms with van der Waals surface area (Å²) in [6, 6.07) is 15.3. The van der Waals surface area contributed by atoms with Crippen molar-refractivity contribution in [2.45, 2.75) is 4.90 Å². The van der Waals surface area contributed by atoms with Gasteiger partial charge in [0, 0.05) is 23.7 Å². The largest absolute Gasteiger partial charge is 0.497 e. The van der Waals surface area contributed by atoms with Crippen molar-refractivity contribution in [2.75, 3.05) is 18.5 Å². The van der Waals surface area contributed by atoms with Crippen LogP contribution in [0.3, 0.4) is 0 Å². The van der Waals surface area contributed by atoms with Crippen LogP contribution in [0.25, 0.3) is 22.2 Å². The van der Waals surface area contributed by atoms with Crippen molar-refractivity contribution in [1.29, 1.82) is 0 Å². The number of ether oxygens (including phenoxy) is 1. The third kappa shape index (κ3) is 3.79. The van der Waals surface area contributed by atoms with Crippen molar-refractivity contribution in [2.24, 2.45) is 0 Å². The molecule has 154 valence electrons. The minimum atomic E-state index is -3.87. The van der Waals surface area contributed by atoms with Gasteiger partial charge in [-0.1, -0.05) is 22.8 Å². The Hall–Kier alpha value is -2.88. The van der Waals surface area contributed by atoms with Crippen molar-refractivity contribution in [3.05, 3.63) is 65.0 Å². The summed E-state index contributed by atoms with van der Waals surface area (Å²) in [5.74, 6) is 1.04. The highest BCUT2D eigenvalue weighted by atomic mass is 35.5. The Kier molecular flexibility index (Phi) is 5.50. The van der Waals surface area contributed by atoms with E-state index in [1.54, 1.807) is 53.9 Å². The number of sulfonamides is 1. The van der Waals surface area contributed by atoms with Gasteiger partial charge < -0.3 is 9.26 Å². The predicted molar refractivity (Wildman–Crippen MR) is 117 cm³/mol. The summed E-state index contributed by atoms with van der Waals surface area (Å²) in [7, 11) is -0.860. The zero-order valence-electron chi connectivity index (χ0n) is 15.9. The summed E-state index contributed by atoms with van der Waals surface area (Å²) in [5, 5.41) is 6.24. The third-order valence-electron chi connectivity index (χ3n) is 4.41. The molecule has 0 radical (unpaired) electrons. The van der Waals surface area contributed by atoms with E-state index in [1.165, 1.54) is 35.9 Å². The van der Waals surface area contributed by atoms with Gasteiger partial charge in [0.25, 0.3) is 15.9 Å². The minimum absolute atomic E-state index is 0.0872. The molecule has 30 heavy (non-hydrogen) atoms. The Labute approximate surface area is 182 Å². The Balaban J connectivity index is 1.70. The first-order valence-electron chi connectivity index (χ1n) is 8.70. The maximum atomic E-state index is 13.3. The van der Waals surface area contributed by atoms with Crippen molar-refractivity contribution in [3.8, 4) is 27.9 Å². The van der Waals surface area contributed by atoms with Gasteiger partial charge in [0.1, 0.15) is 15.5 Å². The summed E-state index contributed by atoms with van der Waals surface area (Å²) >= 11 is 7.13. The van der Waals surface area contributed by atoms with E-state index in [-0.39, 0.29) is 10.8 Å². The molecule has 7 nitrogen and oxygen atoms in total. The van der Waals surface area contributed by atoms with Gasteiger partial charge in [-0.3, -0.25) is 4.31 Å². The number of aromatic nitrogens is 2. The molecule has 0 spiro atoms. The second-order valence-electron chi connectivity index (χ2n) is 6.22. The summed E-state index contributed by atoms with van der Waals surface area (Å²) in [6.45, 7) is 0. The van der Waals surface area contributed by atoms with Gasteiger partial charge in [0.15, 0.2) is 0 Å². The van der Waals surface area contributed by atoms with E-state index >= 15 is 0 Å². The highest BCUT2D eigenvalue weighted by Gasteiger charge is 2.28. The number of nitrogens with zero attached hydrogens (tertiary/aromatic N) is 3. The van der Waals surface area contributed by atoms with Gasteiger partial charge in [-0.15, -0.1) is 11.3 Å². The molecule has 2 heterocycles. The van der Waals surface area contributed by atoms with Crippen LogP contribution in [0.1, 0.15) is 0 Å². The molecular formula is C20H16ClN3O4S2. The van der Waals surface area contributed by atoms with Crippen molar-refractivity contribution in [1.82, 2.24) is 10.1 Å². The lowest BCUT2D eigenvalue weighted by Crippen LogP contribution is -2.26. The molecule has 0 N–H and O–H groups in total. The van der Waals surface area contributed by atoms with Gasteiger partial charge in [-0.05, 0) is 47.8 Å². The molecule has 10 heteroatoms. The Morgan fingerprint density at radius 2 is 1.90 bits per heavy atom. The fraction of sp³-hybridized carbons (Fsp3) is 0.100. The van der Waals surface area contributed by atoms with Gasteiger partial charge in [0.2, 0.25) is 5.82 Å². The molecule has 0 saturated heterocycles. The average Bonchev–Trinajstić information content (AvgIpc) is 3.43. The van der Waals surface area contributed by atoms with Crippen LogP contribution in [0.4, 0.5) is 5.69 Å². The molecular weight excluding hydrogens is 446 g/mol. The quantitative estimate of drug-likeness (QED) is 0.403. The number of anilines is 1. The van der Waals surface area contributed by atoms with Crippen LogP contribution in [0.15, 0.2) is 69.4 Å². The van der Waals surface area contributed by atoms with Crippen LogP contribution in [-0.4, -0.2) is 32.7 Å². The van der Waals surface area contributed by atoms with Crippen LogP contribution in [-0.2, 0) is 10.0 Å². The number of methoxy groups -OCH3 is 1. The molecule has 0 bridgehead atoms. The number of thiophene rings is 1. The molecule has 0 atom stereocenters. The summed E-state index contributed by atoms with van der Waals surface area (Å²) in [5.41, 5.74) is 1.18. The first-order valence-corrected chi connectivity index (χ1v) is 11.4. The number of rotatable bonds is 6. The number of hydrogen-bond donors (Lipinski definition) is 0. The third-order valence-corrected chi connectivity index (χ3v) is 7.52. The van der Waals surface area contributed by atoms with Crippen molar-refractivity contribution in [3.63, 3.8) is 0 Å². The van der Waals surface area contributed by atoms with Crippen molar-refractivity contribution < 1.29 is 17.7 Å². The van der Waals surface area contributed by atoms with Crippen molar-refractivity contribution >= 4 is 38.6 Å². The van der Waals surface area contributed by atoms with E-state index in [4.69, 9.17) is 20.9 Å². The second kappa shape index (κ2) is 8.10. The molecule has 4 rings (SSSR count). The number of hydrogen-bond acceptors (Lipinski definition) is 7. The van der Waals surface area contributed by atoms with Crippen LogP contribution >= 0.6 is 22.9 Å². The molecule has 0 aliphatic heterocycles. The molecule has 0 aliphatic carbocycles. The average molecular weight is 462 g/mol. The summed E-state index contributed by atoms with van der Waals surface area (Å²) in [6.07, 6.45) is 0. The lowest BCUT2D eigenvalue weighted by Gasteiger charge is -2.19. The predicted octanol–water partition coefficient (Wildman–Crippen LogP) is 4.95. The first-order chi connectivity index (χ1) is 14.4. The molecule has 2 aromatic heterocycles. The lowest BCUT2D eigenvalue weighted by atomic mass is 10.2. The van der Waals surface area contributed by atoms with E-state index < -0.39 is 10.0 Å². The fourth-order valence-corrected chi connectivity index (χ4v) is 5.41. The Morgan fingerprint density at radius 3 is 2.63 bits per heavy atom. The summed E-state index contributed by atoms with van der Waals surface area (Å²) in [4.78, 5) is 4.83. The van der Waals surface area contributed by atoms with E-state index in [2.05, 4.69) is 10.1 Å². The minimum Gasteiger partial charge on any atom is -0.497 e. The zero-order valence-corrected chi connectivity index (χ0v) is 18.3. The smallest absolute Gasteiger partial charge is 0.269 e. The standard InChI is InChI=1S/C20H16ClN3O4S2/c1-24(15-4-3-5-16(12-15)27-2)30(25,26)17-10-11-29-18(17)20-22-19(23-28-20)13-6-8-14(21)9-7-13/h3-12H,1-2H3. The topological polar surface area (TPSA) is 85.5 Å². The molecule has 0 aliphatic rings. The number of benzene rings is 2. The van der Waals surface area contributed by atoms with Gasteiger partial charge in [-0.25, -0.2) is 8.42 Å². The molecule has 4 aromatic rings. The normalized spacial score (nSPS) is 11.4. The van der Waals surface area contributed by atoms with Gasteiger partial charge in [0.05, 0.1) is 12.8 Å². The van der Waals surface area contributed by atoms with Crippen LogP contribution in [0.2, 0.25) is 5.02 Å². The second-order valence-corrected chi connectivity index (χ2v) is 9.51. The number of halogens is 1. The van der Waals surface area contributed by atoms with E-state index in [0.717, 1.165) is 0 Å². The highest BCUT2D eigenvalue weighted by molar-refractivity contribution is 7.93. The molecule has 0 unspecified atom stereocenters. The molecule has 0 amide bonds. The van der Waals surface area contributed by atoms with Crippen LogP contribution < -0.4 is 9.04 Å². The van der Waals surface area contributed by atoms with E-state index in [9.17, 15) is 8.42 Å². The lowest BCUT2D eigenvalue weighted by molar-refractivity contribution is 0.415. The van der Waals surface area contributed by atoms with Gasteiger partial charge >= 0.3 is 0 Å². The highest BCUT2D eigenvalue weighted by Crippen LogP contribution is 2.36. The van der Waals surface area contributed by atoms with E-state index in [1.807, 2.05) is 0 Å². The SMILES string of the molecule is COc1cccc(N(C)S(=O)(=O)c2ccsc2-c2nc(-c3ccc(Cl)cc3)no2)c1. The van der Waals surface area contributed by atoms with E-state index in [0.29, 0.717) is 32.7 Å². The zero-order chi connectivity index (χ0) is 21.3. The fourth-order valence-electron chi connectivity index (χ4n) is 2.78. The molecule has 0 saturated carbocycles. The maximum absolute atomic E-state index is 13.3. The summed E-state index contributed by atoms with van der Waals surface area (Å²) < 4.78 is 38.3. The van der Waals surface area contributed by atoms with Crippen LogP contribution in [0.5, 0.6) is 5.75 Å². The first kappa shape index (κ1) is 20.4. The Bertz CT molecular complexity index is 1280. The van der Waals surface area contributed by atoms with Gasteiger partial charge in [-0.2, -0.15) is 4.98 Å². The van der Waals surface area contributed by atoms with Crippen LogP contribution in [0, 0.1) is 0 Å². The monoisotopic (exact) mass is 461 g/mol.